The van der Waals surface area contributed by atoms with Crippen LogP contribution in [0.1, 0.15) is 24.6 Å². The van der Waals surface area contributed by atoms with Gasteiger partial charge in [0.05, 0.1) is 12.5 Å². The van der Waals surface area contributed by atoms with Crippen LogP contribution in [0.3, 0.4) is 0 Å². The van der Waals surface area contributed by atoms with Crippen LogP contribution in [0.25, 0.3) is 0 Å². The maximum atomic E-state index is 12.5. The summed E-state index contributed by atoms with van der Waals surface area (Å²) in [6.45, 7) is 2.51. The number of aliphatic hydroxyl groups excluding tert-OH is 1. The highest BCUT2D eigenvalue weighted by atomic mass is 32.2. The normalized spacial score (nSPS) is 19.5. The maximum Gasteiger partial charge on any atom is 0.308 e. The van der Waals surface area contributed by atoms with Crippen molar-refractivity contribution >= 4 is 27.3 Å². The van der Waals surface area contributed by atoms with Crippen molar-refractivity contribution in [1.82, 2.24) is 4.31 Å². The number of aliphatic carboxylic acids is 1. The lowest BCUT2D eigenvalue weighted by molar-refractivity contribution is -0.136. The molecule has 2 rings (SSSR count). The first kappa shape index (κ1) is 16.4. The molecule has 0 aliphatic carbocycles. The third-order valence-electron chi connectivity index (χ3n) is 3.74. The fourth-order valence-corrected chi connectivity index (χ4v) is 5.44. The minimum absolute atomic E-state index is 0.141. The summed E-state index contributed by atoms with van der Waals surface area (Å²) < 4.78 is 26.6. The summed E-state index contributed by atoms with van der Waals surface area (Å²) in [4.78, 5) is 11.2. The Labute approximate surface area is 128 Å². The summed E-state index contributed by atoms with van der Waals surface area (Å²) in [5.74, 6) is -0.832. The lowest BCUT2D eigenvalue weighted by Crippen LogP contribution is -2.40. The van der Waals surface area contributed by atoms with E-state index in [1.54, 1.807) is 13.0 Å². The van der Waals surface area contributed by atoms with Crippen molar-refractivity contribution in [2.24, 2.45) is 5.92 Å². The molecular formula is C13H19NO5S2. The van der Waals surface area contributed by atoms with Crippen LogP contribution >= 0.6 is 11.3 Å². The molecule has 1 unspecified atom stereocenters. The second-order valence-electron chi connectivity index (χ2n) is 5.27. The Morgan fingerprint density at radius 1 is 1.43 bits per heavy atom. The number of carbonyl (C=O) groups is 1. The van der Waals surface area contributed by atoms with Gasteiger partial charge in [0.1, 0.15) is 4.21 Å². The van der Waals surface area contributed by atoms with Crippen LogP contribution < -0.4 is 0 Å². The predicted octanol–water partition coefficient (Wildman–Crippen LogP) is 1.16. The lowest BCUT2D eigenvalue weighted by Gasteiger charge is -2.32. The van der Waals surface area contributed by atoms with E-state index in [1.807, 2.05) is 0 Å². The van der Waals surface area contributed by atoms with Gasteiger partial charge in [-0.2, -0.15) is 4.31 Å². The molecule has 1 saturated heterocycles. The van der Waals surface area contributed by atoms with Gasteiger partial charge >= 0.3 is 5.97 Å². The van der Waals surface area contributed by atoms with Gasteiger partial charge in [-0.15, -0.1) is 11.3 Å². The van der Waals surface area contributed by atoms with E-state index >= 15 is 0 Å². The molecule has 0 saturated carbocycles. The van der Waals surface area contributed by atoms with Gasteiger partial charge in [0.15, 0.2) is 0 Å². The summed E-state index contributed by atoms with van der Waals surface area (Å²) in [6, 6.07) is 3.02. The van der Waals surface area contributed by atoms with E-state index in [-0.39, 0.29) is 16.5 Å². The largest absolute Gasteiger partial charge is 0.481 e. The summed E-state index contributed by atoms with van der Waals surface area (Å²) in [6.07, 6.45) is 0.706. The van der Waals surface area contributed by atoms with E-state index in [0.29, 0.717) is 30.8 Å². The topological polar surface area (TPSA) is 94.9 Å². The van der Waals surface area contributed by atoms with Crippen molar-refractivity contribution in [2.45, 2.75) is 36.5 Å². The Kier molecular flexibility index (Phi) is 5.03. The van der Waals surface area contributed by atoms with Crippen LogP contribution in [0.2, 0.25) is 0 Å². The predicted molar refractivity (Wildman–Crippen MR) is 78.8 cm³/mol. The molecule has 0 aromatic carbocycles. The Bertz CT molecular complexity index is 600. The highest BCUT2D eigenvalue weighted by Crippen LogP contribution is 2.29. The lowest BCUT2D eigenvalue weighted by atomic mass is 9.93. The van der Waals surface area contributed by atoms with Crippen LogP contribution in [0.5, 0.6) is 0 Å². The number of sulfonamides is 1. The number of aliphatic hydroxyl groups is 1. The van der Waals surface area contributed by atoms with Crippen molar-refractivity contribution in [3.8, 4) is 0 Å². The van der Waals surface area contributed by atoms with Crippen LogP contribution in [-0.4, -0.2) is 48.1 Å². The summed E-state index contributed by atoms with van der Waals surface area (Å²) in [7, 11) is -3.55. The average Bonchev–Trinajstić information content (AvgIpc) is 2.87. The number of carboxylic acid groups (broad SMARTS) is 1. The van der Waals surface area contributed by atoms with E-state index < -0.39 is 22.1 Å². The van der Waals surface area contributed by atoms with E-state index in [0.717, 1.165) is 11.3 Å². The summed E-state index contributed by atoms with van der Waals surface area (Å²) >= 11 is 1.01. The van der Waals surface area contributed by atoms with Gasteiger partial charge in [-0.25, -0.2) is 8.42 Å². The first-order valence-electron chi connectivity index (χ1n) is 6.79. The summed E-state index contributed by atoms with van der Waals surface area (Å²) in [5, 5.41) is 18.3. The molecule has 0 amide bonds. The van der Waals surface area contributed by atoms with Crippen molar-refractivity contribution in [2.75, 3.05) is 13.1 Å². The number of nitrogens with zero attached hydrogens (tertiary/aromatic N) is 1. The molecule has 2 N–H and O–H groups in total. The second-order valence-corrected chi connectivity index (χ2v) is 8.61. The molecule has 0 bridgehead atoms. The van der Waals surface area contributed by atoms with Crippen LogP contribution in [0.15, 0.2) is 16.3 Å². The van der Waals surface area contributed by atoms with E-state index in [9.17, 15) is 18.3 Å². The molecule has 118 valence electrons. The number of carboxylic acids is 1. The molecule has 1 aromatic heterocycles. The fourth-order valence-electron chi connectivity index (χ4n) is 2.47. The highest BCUT2D eigenvalue weighted by molar-refractivity contribution is 7.91. The Hall–Kier alpha value is -0.960. The fraction of sp³-hybridized carbons (Fsp3) is 0.615. The van der Waals surface area contributed by atoms with Crippen molar-refractivity contribution in [3.63, 3.8) is 0 Å². The van der Waals surface area contributed by atoms with Crippen LogP contribution in [0, 0.1) is 5.92 Å². The number of hydrogen-bond donors (Lipinski definition) is 2. The van der Waals surface area contributed by atoms with Gasteiger partial charge < -0.3 is 10.2 Å². The second kappa shape index (κ2) is 6.43. The maximum absolute atomic E-state index is 12.5. The van der Waals surface area contributed by atoms with E-state index in [1.165, 1.54) is 10.4 Å². The first-order chi connectivity index (χ1) is 9.80. The Balaban J connectivity index is 2.08. The molecule has 0 radical (unpaired) electrons. The number of rotatable bonds is 5. The molecule has 1 aliphatic rings. The van der Waals surface area contributed by atoms with Gasteiger partial charge in [-0.05, 0) is 37.8 Å². The third kappa shape index (κ3) is 3.82. The Morgan fingerprint density at radius 3 is 2.57 bits per heavy atom. The summed E-state index contributed by atoms with van der Waals surface area (Å²) in [5.41, 5.74) is 0. The molecule has 1 aliphatic heterocycles. The van der Waals surface area contributed by atoms with Crippen molar-refractivity contribution in [3.05, 3.63) is 17.0 Å². The van der Waals surface area contributed by atoms with Crippen molar-refractivity contribution in [1.29, 1.82) is 0 Å². The molecule has 0 spiro atoms. The van der Waals surface area contributed by atoms with Crippen LogP contribution in [0.4, 0.5) is 0 Å². The van der Waals surface area contributed by atoms with Gasteiger partial charge in [0.2, 0.25) is 0 Å². The number of hydrogen-bond acceptors (Lipinski definition) is 5. The van der Waals surface area contributed by atoms with Crippen molar-refractivity contribution < 1.29 is 23.4 Å². The SMILES string of the molecule is CC(O)C1CCN(S(=O)(=O)c2ccc(CC(=O)O)s2)CC1. The standard InChI is InChI=1S/C13H19NO5S2/c1-9(15)10-4-6-14(7-5-10)21(18,19)13-3-2-11(20-13)8-12(16)17/h2-3,9-10,15H,4-8H2,1H3,(H,16,17). The monoisotopic (exact) mass is 333 g/mol. The van der Waals surface area contributed by atoms with E-state index in [4.69, 9.17) is 5.11 Å². The van der Waals surface area contributed by atoms with Gasteiger partial charge in [0.25, 0.3) is 10.0 Å². The average molecular weight is 333 g/mol. The zero-order valence-corrected chi connectivity index (χ0v) is 13.4. The minimum atomic E-state index is -3.55. The zero-order chi connectivity index (χ0) is 15.6. The zero-order valence-electron chi connectivity index (χ0n) is 11.7. The number of thiophene rings is 1. The van der Waals surface area contributed by atoms with Crippen LogP contribution in [-0.2, 0) is 21.2 Å². The third-order valence-corrected chi connectivity index (χ3v) is 7.19. The minimum Gasteiger partial charge on any atom is -0.481 e. The van der Waals surface area contributed by atoms with Gasteiger partial charge in [0, 0.05) is 18.0 Å². The molecule has 2 heterocycles. The molecule has 1 atom stereocenters. The van der Waals surface area contributed by atoms with Gasteiger partial charge in [-0.1, -0.05) is 0 Å². The molecule has 1 fully saturated rings. The molecule has 8 heteroatoms. The smallest absolute Gasteiger partial charge is 0.308 e. The quantitative estimate of drug-likeness (QED) is 0.843. The highest BCUT2D eigenvalue weighted by Gasteiger charge is 2.31. The van der Waals surface area contributed by atoms with Gasteiger partial charge in [-0.3, -0.25) is 4.79 Å². The molecular weight excluding hydrogens is 314 g/mol. The molecule has 1 aromatic rings. The van der Waals surface area contributed by atoms with E-state index in [2.05, 4.69) is 0 Å². The Morgan fingerprint density at radius 2 is 2.05 bits per heavy atom. The number of piperidine rings is 1. The first-order valence-corrected chi connectivity index (χ1v) is 9.05. The molecule has 6 nitrogen and oxygen atoms in total. The molecule has 21 heavy (non-hydrogen) atoms.